The van der Waals surface area contributed by atoms with Gasteiger partial charge in [0, 0.05) is 18.4 Å². The van der Waals surface area contributed by atoms with Crippen molar-refractivity contribution in [2.45, 2.75) is 25.3 Å². The topological polar surface area (TPSA) is 72.2 Å². The lowest BCUT2D eigenvalue weighted by molar-refractivity contribution is 0.0923. The fraction of sp³-hybridized carbons (Fsp3) is 0.250. The van der Waals surface area contributed by atoms with Crippen LogP contribution in [0.3, 0.4) is 0 Å². The summed E-state index contributed by atoms with van der Waals surface area (Å²) in [6.45, 7) is 0. The summed E-state index contributed by atoms with van der Waals surface area (Å²) in [5, 5.41) is 7.19. The van der Waals surface area contributed by atoms with Gasteiger partial charge in [0.1, 0.15) is 0 Å². The van der Waals surface area contributed by atoms with Crippen molar-refractivity contribution < 1.29 is 4.79 Å². The summed E-state index contributed by atoms with van der Waals surface area (Å²) < 4.78 is 1.51. The molecule has 0 fully saturated rings. The van der Waals surface area contributed by atoms with Crippen molar-refractivity contribution in [3.05, 3.63) is 59.7 Å². The van der Waals surface area contributed by atoms with E-state index in [1.54, 1.807) is 18.5 Å². The number of nitrogens with zero attached hydrogens (tertiary/aromatic N) is 4. The van der Waals surface area contributed by atoms with Gasteiger partial charge in [-0.1, -0.05) is 24.3 Å². The first-order chi connectivity index (χ1) is 10.8. The van der Waals surface area contributed by atoms with E-state index in [0.29, 0.717) is 5.78 Å². The summed E-state index contributed by atoms with van der Waals surface area (Å²) >= 11 is 0. The van der Waals surface area contributed by atoms with Crippen LogP contribution < -0.4 is 5.32 Å². The Hall–Kier alpha value is -2.76. The number of nitrogens with one attached hydrogen (secondary N) is 1. The quantitative estimate of drug-likeness (QED) is 0.775. The molecular formula is C16H15N5O. The summed E-state index contributed by atoms with van der Waals surface area (Å²) in [5.41, 5.74) is 2.69. The maximum absolute atomic E-state index is 12.3. The van der Waals surface area contributed by atoms with Crippen molar-refractivity contribution in [1.82, 2.24) is 24.9 Å². The number of hydrogen-bond acceptors (Lipinski definition) is 4. The first-order valence-corrected chi connectivity index (χ1v) is 7.34. The lowest BCUT2D eigenvalue weighted by Gasteiger charge is -2.24. The minimum absolute atomic E-state index is 0.127. The molecule has 22 heavy (non-hydrogen) atoms. The molecule has 6 nitrogen and oxygen atoms in total. The fourth-order valence-corrected chi connectivity index (χ4v) is 2.90. The van der Waals surface area contributed by atoms with Gasteiger partial charge in [0.05, 0.1) is 0 Å². The Morgan fingerprint density at radius 3 is 2.95 bits per heavy atom. The zero-order valence-corrected chi connectivity index (χ0v) is 11.9. The molecule has 1 aliphatic carbocycles. The molecule has 6 heteroatoms. The van der Waals surface area contributed by atoms with Crippen LogP contribution in [0.25, 0.3) is 5.78 Å². The van der Waals surface area contributed by atoms with Crippen LogP contribution in [0.2, 0.25) is 0 Å². The lowest BCUT2D eigenvalue weighted by Crippen LogP contribution is -2.39. The number of hydrogen-bond donors (Lipinski definition) is 1. The molecule has 1 atom stereocenters. The van der Waals surface area contributed by atoms with Crippen LogP contribution in [-0.4, -0.2) is 31.5 Å². The lowest BCUT2D eigenvalue weighted by atomic mass is 9.88. The smallest absolute Gasteiger partial charge is 0.291 e. The van der Waals surface area contributed by atoms with E-state index in [-0.39, 0.29) is 17.8 Å². The molecule has 1 amide bonds. The predicted octanol–water partition coefficient (Wildman–Crippen LogP) is 1.41. The molecule has 4 rings (SSSR count). The summed E-state index contributed by atoms with van der Waals surface area (Å²) in [6, 6.07) is 10.3. The summed E-state index contributed by atoms with van der Waals surface area (Å²) in [5.74, 6) is 0.356. The summed E-state index contributed by atoms with van der Waals surface area (Å²) in [6.07, 6.45) is 6.13. The highest BCUT2D eigenvalue weighted by atomic mass is 16.2. The highest BCUT2D eigenvalue weighted by molar-refractivity contribution is 5.91. The first-order valence-electron chi connectivity index (χ1n) is 7.34. The highest BCUT2D eigenvalue weighted by Crippen LogP contribution is 2.21. The number of aryl methyl sites for hydroxylation is 1. The van der Waals surface area contributed by atoms with Crippen molar-refractivity contribution in [2.75, 3.05) is 0 Å². The number of fused-ring (bicyclic) bond motifs is 2. The zero-order valence-electron chi connectivity index (χ0n) is 11.9. The second kappa shape index (κ2) is 5.22. The minimum Gasteiger partial charge on any atom is -0.346 e. The predicted molar refractivity (Wildman–Crippen MR) is 80.5 cm³/mol. The average Bonchev–Trinajstić information content (AvgIpc) is 2.99. The Kier molecular flexibility index (Phi) is 3.07. The van der Waals surface area contributed by atoms with Crippen LogP contribution in [0.4, 0.5) is 0 Å². The fourth-order valence-electron chi connectivity index (χ4n) is 2.90. The molecule has 0 aliphatic heterocycles. The number of carbonyl (C=O) groups excluding carboxylic acids is 1. The third-order valence-electron chi connectivity index (χ3n) is 4.00. The van der Waals surface area contributed by atoms with Crippen LogP contribution in [0.5, 0.6) is 0 Å². The van der Waals surface area contributed by atoms with Gasteiger partial charge in [0.25, 0.3) is 11.7 Å². The summed E-state index contributed by atoms with van der Waals surface area (Å²) in [4.78, 5) is 20.5. The number of rotatable bonds is 2. The number of benzene rings is 1. The van der Waals surface area contributed by atoms with Crippen LogP contribution in [-0.2, 0) is 12.8 Å². The molecule has 3 aromatic rings. The monoisotopic (exact) mass is 293 g/mol. The molecule has 0 bridgehead atoms. The normalized spacial score (nSPS) is 17.2. The van der Waals surface area contributed by atoms with Crippen LogP contribution in [0, 0.1) is 0 Å². The Balaban J connectivity index is 1.50. The Morgan fingerprint density at radius 2 is 2.09 bits per heavy atom. The molecule has 1 N–H and O–H groups in total. The molecule has 2 heterocycles. The Bertz CT molecular complexity index is 808. The highest BCUT2D eigenvalue weighted by Gasteiger charge is 2.22. The third kappa shape index (κ3) is 2.32. The van der Waals surface area contributed by atoms with Gasteiger partial charge in [-0.2, -0.15) is 4.98 Å². The molecule has 0 saturated carbocycles. The van der Waals surface area contributed by atoms with E-state index >= 15 is 0 Å². The third-order valence-corrected chi connectivity index (χ3v) is 4.00. The van der Waals surface area contributed by atoms with E-state index in [9.17, 15) is 4.79 Å². The van der Waals surface area contributed by atoms with Crippen LogP contribution in [0.1, 0.15) is 28.2 Å². The Labute approximate surface area is 127 Å². The van der Waals surface area contributed by atoms with E-state index in [1.165, 1.54) is 15.6 Å². The van der Waals surface area contributed by atoms with Gasteiger partial charge in [-0.15, -0.1) is 5.10 Å². The van der Waals surface area contributed by atoms with Gasteiger partial charge in [-0.05, 0) is 36.5 Å². The largest absolute Gasteiger partial charge is 0.346 e. The van der Waals surface area contributed by atoms with E-state index in [1.807, 2.05) is 6.07 Å². The van der Waals surface area contributed by atoms with E-state index in [0.717, 1.165) is 19.3 Å². The van der Waals surface area contributed by atoms with Gasteiger partial charge in [-0.25, -0.2) is 9.50 Å². The summed E-state index contributed by atoms with van der Waals surface area (Å²) in [7, 11) is 0. The zero-order chi connectivity index (χ0) is 14.9. The molecule has 1 aromatic carbocycles. The van der Waals surface area contributed by atoms with Crippen LogP contribution in [0.15, 0.2) is 42.7 Å². The van der Waals surface area contributed by atoms with Gasteiger partial charge >= 0.3 is 0 Å². The number of amides is 1. The second-order valence-corrected chi connectivity index (χ2v) is 5.48. The van der Waals surface area contributed by atoms with E-state index < -0.39 is 0 Å². The second-order valence-electron chi connectivity index (χ2n) is 5.48. The van der Waals surface area contributed by atoms with Crippen molar-refractivity contribution in [2.24, 2.45) is 0 Å². The van der Waals surface area contributed by atoms with Crippen molar-refractivity contribution >= 4 is 11.7 Å². The van der Waals surface area contributed by atoms with Gasteiger partial charge < -0.3 is 5.32 Å². The SMILES string of the molecule is O=C(N[C@H]1CCc2ccccc2C1)c1nc2ncccn2n1. The molecule has 110 valence electrons. The van der Waals surface area contributed by atoms with Crippen molar-refractivity contribution in [1.29, 1.82) is 0 Å². The standard InChI is InChI=1S/C16H15N5O/c22-15(14-19-16-17-8-3-9-21(16)20-14)18-13-7-6-11-4-1-2-5-12(11)10-13/h1-5,8-9,13H,6-7,10H2,(H,18,22)/t13-/m0/s1. The molecule has 0 radical (unpaired) electrons. The van der Waals surface area contributed by atoms with Crippen LogP contribution >= 0.6 is 0 Å². The number of aromatic nitrogens is 4. The average molecular weight is 293 g/mol. The van der Waals surface area contributed by atoms with Gasteiger partial charge in [0.2, 0.25) is 5.82 Å². The molecular weight excluding hydrogens is 278 g/mol. The molecule has 0 saturated heterocycles. The Morgan fingerprint density at radius 1 is 1.23 bits per heavy atom. The molecule has 0 unspecified atom stereocenters. The number of carbonyl (C=O) groups is 1. The minimum atomic E-state index is -0.241. The maximum atomic E-state index is 12.3. The van der Waals surface area contributed by atoms with E-state index in [2.05, 4.69) is 38.6 Å². The first kappa shape index (κ1) is 12.9. The van der Waals surface area contributed by atoms with Gasteiger partial charge in [-0.3, -0.25) is 4.79 Å². The van der Waals surface area contributed by atoms with E-state index in [4.69, 9.17) is 0 Å². The van der Waals surface area contributed by atoms with Crippen molar-refractivity contribution in [3.63, 3.8) is 0 Å². The molecule has 0 spiro atoms. The maximum Gasteiger partial charge on any atom is 0.291 e. The molecule has 1 aliphatic rings. The molecule has 2 aromatic heterocycles. The van der Waals surface area contributed by atoms with Gasteiger partial charge in [0.15, 0.2) is 0 Å². The van der Waals surface area contributed by atoms with Crippen molar-refractivity contribution in [3.8, 4) is 0 Å².